The number of hydrogen-bond donors (Lipinski definition) is 1. The number of nitrogens with one attached hydrogen (secondary N) is 1. The van der Waals surface area contributed by atoms with Crippen LogP contribution in [0.5, 0.6) is 0 Å². The normalized spacial score (nSPS) is 39.9. The topological polar surface area (TPSA) is 30.5 Å². The lowest BCUT2D eigenvalue weighted by molar-refractivity contribution is -0.101. The first kappa shape index (κ1) is 11.9. The van der Waals surface area contributed by atoms with Crippen LogP contribution < -0.4 is 5.32 Å². The molecule has 3 saturated heterocycles. The summed E-state index contributed by atoms with van der Waals surface area (Å²) in [5.41, 5.74) is 0.107. The zero-order valence-corrected chi connectivity index (χ0v) is 10.7. The Morgan fingerprint density at radius 1 is 1.06 bits per heavy atom. The number of hydrogen-bond acceptors (Lipinski definition) is 3. The molecule has 0 radical (unpaired) electrons. The summed E-state index contributed by atoms with van der Waals surface area (Å²) in [5.74, 6) is 1.84. The molecule has 98 valence electrons. The van der Waals surface area contributed by atoms with E-state index in [1.165, 1.54) is 45.2 Å². The molecule has 3 heteroatoms. The second-order valence-electron chi connectivity index (χ2n) is 6.12. The Hall–Kier alpha value is -0.120. The van der Waals surface area contributed by atoms with Crippen LogP contribution in [-0.4, -0.2) is 38.5 Å². The molecule has 0 aromatic rings. The maximum absolute atomic E-state index is 6.01. The highest BCUT2D eigenvalue weighted by molar-refractivity contribution is 4.91. The third-order valence-electron chi connectivity index (χ3n) is 4.79. The van der Waals surface area contributed by atoms with Crippen molar-refractivity contribution in [1.29, 1.82) is 0 Å². The highest BCUT2D eigenvalue weighted by Crippen LogP contribution is 2.39. The van der Waals surface area contributed by atoms with Gasteiger partial charge in [0, 0.05) is 19.6 Å². The molecule has 0 aromatic carbocycles. The summed E-state index contributed by atoms with van der Waals surface area (Å²) in [6.07, 6.45) is 7.81. The van der Waals surface area contributed by atoms with Gasteiger partial charge >= 0.3 is 0 Å². The molecule has 1 spiro atoms. The van der Waals surface area contributed by atoms with Gasteiger partial charge in [0.2, 0.25) is 0 Å². The van der Waals surface area contributed by atoms with Crippen molar-refractivity contribution in [3.05, 3.63) is 0 Å². The van der Waals surface area contributed by atoms with Crippen molar-refractivity contribution in [1.82, 2.24) is 5.32 Å². The van der Waals surface area contributed by atoms with Crippen LogP contribution in [0.3, 0.4) is 0 Å². The highest BCUT2D eigenvalue weighted by Gasteiger charge is 2.41. The van der Waals surface area contributed by atoms with Gasteiger partial charge < -0.3 is 14.8 Å². The standard InChI is InChI=1S/C14H25NO2/c1-5-15-6-2-12(1)9-13-3-7-17-14(10-13)4-8-16-11-14/h12-13,15H,1-11H2. The minimum absolute atomic E-state index is 0.107. The quantitative estimate of drug-likeness (QED) is 0.799. The number of piperidine rings is 1. The fraction of sp³-hybridized carbons (Fsp3) is 1.00. The lowest BCUT2D eigenvalue weighted by atomic mass is 9.78. The van der Waals surface area contributed by atoms with Gasteiger partial charge in [-0.15, -0.1) is 0 Å². The summed E-state index contributed by atoms with van der Waals surface area (Å²) >= 11 is 0. The van der Waals surface area contributed by atoms with Crippen molar-refractivity contribution in [3.8, 4) is 0 Å². The molecule has 0 bridgehead atoms. The maximum atomic E-state index is 6.01. The van der Waals surface area contributed by atoms with Crippen molar-refractivity contribution in [2.45, 2.75) is 44.1 Å². The Bertz CT molecular complexity index is 245. The van der Waals surface area contributed by atoms with E-state index in [0.717, 1.165) is 38.1 Å². The molecule has 0 aromatic heterocycles. The molecule has 2 atom stereocenters. The van der Waals surface area contributed by atoms with E-state index in [1.807, 2.05) is 0 Å². The van der Waals surface area contributed by atoms with Crippen LogP contribution in [0.4, 0.5) is 0 Å². The first-order valence-electron chi connectivity index (χ1n) is 7.29. The summed E-state index contributed by atoms with van der Waals surface area (Å²) in [5, 5.41) is 3.46. The van der Waals surface area contributed by atoms with Gasteiger partial charge in [0.15, 0.2) is 0 Å². The molecule has 0 saturated carbocycles. The first-order valence-corrected chi connectivity index (χ1v) is 7.29. The second-order valence-corrected chi connectivity index (χ2v) is 6.12. The van der Waals surface area contributed by atoms with Crippen LogP contribution in [0.1, 0.15) is 38.5 Å². The van der Waals surface area contributed by atoms with Gasteiger partial charge in [-0.25, -0.2) is 0 Å². The molecular formula is C14H25NO2. The molecule has 3 nitrogen and oxygen atoms in total. The van der Waals surface area contributed by atoms with E-state index in [0.29, 0.717) is 0 Å². The van der Waals surface area contributed by atoms with Gasteiger partial charge in [0.25, 0.3) is 0 Å². The first-order chi connectivity index (χ1) is 8.36. The van der Waals surface area contributed by atoms with E-state index in [2.05, 4.69) is 5.32 Å². The molecule has 3 heterocycles. The predicted molar refractivity (Wildman–Crippen MR) is 67.1 cm³/mol. The summed E-state index contributed by atoms with van der Waals surface area (Å²) in [4.78, 5) is 0. The fourth-order valence-electron chi connectivity index (χ4n) is 3.78. The average Bonchev–Trinajstić information content (AvgIpc) is 2.79. The van der Waals surface area contributed by atoms with E-state index in [1.54, 1.807) is 0 Å². The second kappa shape index (κ2) is 5.25. The van der Waals surface area contributed by atoms with Gasteiger partial charge in [-0.3, -0.25) is 0 Å². The van der Waals surface area contributed by atoms with Crippen molar-refractivity contribution >= 4 is 0 Å². The Balaban J connectivity index is 1.52. The molecule has 1 N–H and O–H groups in total. The van der Waals surface area contributed by atoms with Crippen LogP contribution in [0.15, 0.2) is 0 Å². The zero-order valence-electron chi connectivity index (χ0n) is 10.7. The van der Waals surface area contributed by atoms with Crippen LogP contribution in [0.25, 0.3) is 0 Å². The monoisotopic (exact) mass is 239 g/mol. The van der Waals surface area contributed by atoms with Gasteiger partial charge in [-0.1, -0.05) is 0 Å². The van der Waals surface area contributed by atoms with Gasteiger partial charge in [-0.05, 0) is 57.0 Å². The van der Waals surface area contributed by atoms with Crippen LogP contribution in [0, 0.1) is 11.8 Å². The van der Waals surface area contributed by atoms with Crippen LogP contribution >= 0.6 is 0 Å². The minimum atomic E-state index is 0.107. The minimum Gasteiger partial charge on any atom is -0.378 e. The molecule has 0 aliphatic carbocycles. The van der Waals surface area contributed by atoms with E-state index in [4.69, 9.17) is 9.47 Å². The van der Waals surface area contributed by atoms with Gasteiger partial charge in [0.1, 0.15) is 0 Å². The summed E-state index contributed by atoms with van der Waals surface area (Å²) in [6, 6.07) is 0. The molecule has 3 rings (SSSR count). The Kier molecular flexibility index (Phi) is 3.69. The van der Waals surface area contributed by atoms with Crippen molar-refractivity contribution in [2.24, 2.45) is 11.8 Å². The van der Waals surface area contributed by atoms with Gasteiger partial charge in [-0.2, -0.15) is 0 Å². The third kappa shape index (κ3) is 2.83. The molecule has 3 aliphatic heterocycles. The van der Waals surface area contributed by atoms with E-state index in [-0.39, 0.29) is 5.60 Å². The molecule has 0 amide bonds. The molecule has 17 heavy (non-hydrogen) atoms. The smallest absolute Gasteiger partial charge is 0.0939 e. The number of rotatable bonds is 2. The van der Waals surface area contributed by atoms with E-state index < -0.39 is 0 Å². The SMILES string of the molecule is C1CC(CC2CCOC3(CCOC3)C2)CCN1. The van der Waals surface area contributed by atoms with Crippen molar-refractivity contribution in [3.63, 3.8) is 0 Å². The third-order valence-corrected chi connectivity index (χ3v) is 4.79. The van der Waals surface area contributed by atoms with Crippen LogP contribution in [0.2, 0.25) is 0 Å². The largest absolute Gasteiger partial charge is 0.378 e. The molecule has 3 aliphatic rings. The van der Waals surface area contributed by atoms with Crippen molar-refractivity contribution < 1.29 is 9.47 Å². The molecule has 3 fully saturated rings. The van der Waals surface area contributed by atoms with E-state index in [9.17, 15) is 0 Å². The average molecular weight is 239 g/mol. The summed E-state index contributed by atoms with van der Waals surface area (Å²) in [7, 11) is 0. The summed E-state index contributed by atoms with van der Waals surface area (Å²) < 4.78 is 11.5. The van der Waals surface area contributed by atoms with E-state index >= 15 is 0 Å². The Morgan fingerprint density at radius 3 is 2.71 bits per heavy atom. The zero-order chi connectivity index (χ0) is 11.6. The lowest BCUT2D eigenvalue weighted by Crippen LogP contribution is -2.41. The Morgan fingerprint density at radius 2 is 1.94 bits per heavy atom. The van der Waals surface area contributed by atoms with Gasteiger partial charge in [0.05, 0.1) is 12.2 Å². The summed E-state index contributed by atoms with van der Waals surface area (Å²) in [6.45, 7) is 5.15. The Labute approximate surface area is 104 Å². The van der Waals surface area contributed by atoms with Crippen molar-refractivity contribution in [2.75, 3.05) is 32.9 Å². The molecule has 2 unspecified atom stereocenters. The highest BCUT2D eigenvalue weighted by atomic mass is 16.6. The molecular weight excluding hydrogens is 214 g/mol. The number of ether oxygens (including phenoxy) is 2. The van der Waals surface area contributed by atoms with Crippen LogP contribution in [-0.2, 0) is 9.47 Å². The predicted octanol–water partition coefficient (Wildman–Crippen LogP) is 1.96. The fourth-order valence-corrected chi connectivity index (χ4v) is 3.78. The lowest BCUT2D eigenvalue weighted by Gasteiger charge is -2.38. The maximum Gasteiger partial charge on any atom is 0.0939 e.